The number of anilines is 1. The van der Waals surface area contributed by atoms with Crippen molar-refractivity contribution < 1.29 is 40.7 Å². The van der Waals surface area contributed by atoms with Crippen LogP contribution in [0.5, 0.6) is 5.75 Å². The minimum atomic E-state index is -5.01. The Kier molecular flexibility index (Phi) is 7.49. The Morgan fingerprint density at radius 2 is 1.49 bits per heavy atom. The minimum absolute atomic E-state index is 0.116. The molecule has 0 radical (unpaired) electrons. The maximum atomic E-state index is 12.9. The lowest BCUT2D eigenvalue weighted by Crippen LogP contribution is -2.46. The third kappa shape index (κ3) is 6.31. The first-order chi connectivity index (χ1) is 16.9. The molecular formula is C26H26F6N2O3. The van der Waals surface area contributed by atoms with Crippen LogP contribution in [0.15, 0.2) is 53.6 Å². The monoisotopic (exact) mass is 528 g/mol. The molecule has 37 heavy (non-hydrogen) atoms. The van der Waals surface area contributed by atoms with Gasteiger partial charge in [0, 0.05) is 0 Å². The highest BCUT2D eigenvalue weighted by Gasteiger charge is 2.49. The Hall–Kier alpha value is -3.37. The maximum absolute atomic E-state index is 12.9. The number of nitrogens with zero attached hydrogens (tertiary/aromatic N) is 2. The van der Waals surface area contributed by atoms with Crippen molar-refractivity contribution in [1.82, 2.24) is 0 Å². The third-order valence-electron chi connectivity index (χ3n) is 6.09. The van der Waals surface area contributed by atoms with Gasteiger partial charge in [0.2, 0.25) is 0 Å². The van der Waals surface area contributed by atoms with Crippen molar-refractivity contribution in [1.29, 1.82) is 0 Å². The zero-order valence-corrected chi connectivity index (χ0v) is 20.6. The average molecular weight is 528 g/mol. The van der Waals surface area contributed by atoms with Gasteiger partial charge >= 0.3 is 12.4 Å². The maximum Gasteiger partial charge on any atom is 0.454 e. The van der Waals surface area contributed by atoms with Crippen LogP contribution < -0.4 is 9.75 Å². The summed E-state index contributed by atoms with van der Waals surface area (Å²) in [6, 6.07) is 10.5. The number of ether oxygens (including phenoxy) is 1. The molecule has 0 atom stereocenters. The molecule has 0 saturated heterocycles. The molecule has 200 valence electrons. The molecule has 2 aromatic rings. The van der Waals surface area contributed by atoms with E-state index in [9.17, 15) is 35.9 Å². The number of rotatable bonds is 8. The molecule has 2 aromatic carbocycles. The molecule has 1 aliphatic heterocycles. The van der Waals surface area contributed by atoms with Gasteiger partial charge in [0.25, 0.3) is 11.7 Å². The fraction of sp³-hybridized carbons (Fsp3) is 0.423. The quantitative estimate of drug-likeness (QED) is 0.357. The Morgan fingerprint density at radius 3 is 2.00 bits per heavy atom. The zero-order valence-electron chi connectivity index (χ0n) is 20.6. The van der Waals surface area contributed by atoms with Gasteiger partial charge in [-0.1, -0.05) is 12.1 Å². The smallest absolute Gasteiger partial charge is 0.454 e. The van der Waals surface area contributed by atoms with E-state index < -0.39 is 34.7 Å². The van der Waals surface area contributed by atoms with Crippen molar-refractivity contribution >= 4 is 23.1 Å². The third-order valence-corrected chi connectivity index (χ3v) is 6.09. The molecule has 0 fully saturated rings. The highest BCUT2D eigenvalue weighted by Crippen LogP contribution is 2.36. The van der Waals surface area contributed by atoms with Crippen molar-refractivity contribution in [2.24, 2.45) is 10.5 Å². The highest BCUT2D eigenvalue weighted by atomic mass is 19.4. The van der Waals surface area contributed by atoms with Gasteiger partial charge in [0.05, 0.1) is 22.4 Å². The number of aryl methyl sites for hydroxylation is 1. The van der Waals surface area contributed by atoms with Crippen LogP contribution >= 0.6 is 0 Å². The van der Waals surface area contributed by atoms with E-state index in [0.29, 0.717) is 25.0 Å². The van der Waals surface area contributed by atoms with Crippen LogP contribution in [0.1, 0.15) is 51.7 Å². The van der Waals surface area contributed by atoms with Gasteiger partial charge in [0.1, 0.15) is 5.75 Å². The number of carbonyl (C=O) groups excluding carboxylic acids is 2. The first-order valence-corrected chi connectivity index (χ1v) is 11.4. The summed E-state index contributed by atoms with van der Waals surface area (Å²) in [7, 11) is 0. The second-order valence-corrected chi connectivity index (χ2v) is 9.77. The summed E-state index contributed by atoms with van der Waals surface area (Å²) in [5.74, 6) is -2.21. The molecule has 1 heterocycles. The Bertz CT molecular complexity index is 1180. The summed E-state index contributed by atoms with van der Waals surface area (Å²) in [6.07, 6.45) is -7.89. The summed E-state index contributed by atoms with van der Waals surface area (Å²) in [5, 5.41) is 5.50. The Morgan fingerprint density at radius 1 is 0.919 bits per heavy atom. The van der Waals surface area contributed by atoms with Crippen LogP contribution in [0.4, 0.5) is 32.0 Å². The second kappa shape index (κ2) is 9.83. The van der Waals surface area contributed by atoms with Crippen LogP contribution in [-0.2, 0) is 22.2 Å². The number of amides is 1. The number of halogens is 6. The lowest BCUT2D eigenvalue weighted by atomic mass is 9.84. The number of benzene rings is 2. The normalized spacial score (nSPS) is 16.1. The average Bonchev–Trinajstić information content (AvgIpc) is 3.02. The van der Waals surface area contributed by atoms with E-state index >= 15 is 0 Å². The van der Waals surface area contributed by atoms with Crippen molar-refractivity contribution in [3.8, 4) is 5.75 Å². The first kappa shape index (κ1) is 28.2. The lowest BCUT2D eigenvalue weighted by molar-refractivity contribution is -0.184. The van der Waals surface area contributed by atoms with E-state index in [1.807, 2.05) is 0 Å². The van der Waals surface area contributed by atoms with Gasteiger partial charge in [-0.25, -0.2) is 5.01 Å². The molecule has 1 aliphatic rings. The lowest BCUT2D eigenvalue weighted by Gasteiger charge is -2.25. The van der Waals surface area contributed by atoms with Crippen molar-refractivity contribution in [2.45, 2.75) is 64.9 Å². The number of ketones is 1. The minimum Gasteiger partial charge on any atom is -0.480 e. The van der Waals surface area contributed by atoms with Gasteiger partial charge in [-0.3, -0.25) is 9.59 Å². The molecular weight excluding hydrogens is 502 g/mol. The van der Waals surface area contributed by atoms with Crippen molar-refractivity contribution in [2.75, 3.05) is 5.01 Å². The zero-order chi connectivity index (χ0) is 27.8. The van der Waals surface area contributed by atoms with Crippen LogP contribution in [0.2, 0.25) is 0 Å². The molecule has 0 saturated carbocycles. The number of hydrazone groups is 1. The van der Waals surface area contributed by atoms with Gasteiger partial charge < -0.3 is 4.74 Å². The van der Waals surface area contributed by atoms with E-state index in [2.05, 4.69) is 5.10 Å². The van der Waals surface area contributed by atoms with E-state index in [4.69, 9.17) is 4.74 Å². The van der Waals surface area contributed by atoms with Crippen molar-refractivity contribution in [3.63, 3.8) is 0 Å². The SMILES string of the molecule is CC(C)(Oc1ccc(CCCC2=NN(c3ccc(C(F)(F)F)cc3)C(=O)C2(C)C)cc1)C(=O)C(F)(F)F. The fourth-order valence-electron chi connectivity index (χ4n) is 3.87. The van der Waals surface area contributed by atoms with Crippen LogP contribution in [0, 0.1) is 5.41 Å². The number of hydrogen-bond acceptors (Lipinski definition) is 4. The van der Waals surface area contributed by atoms with E-state index in [-0.39, 0.29) is 17.3 Å². The highest BCUT2D eigenvalue weighted by molar-refractivity contribution is 6.18. The summed E-state index contributed by atoms with van der Waals surface area (Å²) < 4.78 is 82.0. The van der Waals surface area contributed by atoms with Gasteiger partial charge in [-0.15, -0.1) is 0 Å². The van der Waals surface area contributed by atoms with E-state index in [1.165, 1.54) is 24.3 Å². The molecule has 1 amide bonds. The molecule has 5 nitrogen and oxygen atoms in total. The predicted octanol–water partition coefficient (Wildman–Crippen LogP) is 6.75. The Labute approximate surface area is 210 Å². The van der Waals surface area contributed by atoms with E-state index in [1.54, 1.807) is 26.0 Å². The molecule has 0 aliphatic carbocycles. The van der Waals surface area contributed by atoms with Gasteiger partial charge in [-0.2, -0.15) is 31.4 Å². The number of Topliss-reactive ketones (excluding diaryl/α,β-unsaturated/α-hetero) is 1. The molecule has 3 rings (SSSR count). The van der Waals surface area contributed by atoms with E-state index in [0.717, 1.165) is 36.6 Å². The first-order valence-electron chi connectivity index (χ1n) is 11.4. The number of hydrogen-bond donors (Lipinski definition) is 0. The summed E-state index contributed by atoms with van der Waals surface area (Å²) >= 11 is 0. The molecule has 0 spiro atoms. The van der Waals surface area contributed by atoms with Crippen molar-refractivity contribution in [3.05, 3.63) is 59.7 Å². The molecule has 0 unspecified atom stereocenters. The standard InChI is InChI=1S/C26H26F6N2O3/c1-23(2)20(33-34(22(23)36)18-12-10-17(11-13-18)25(27,28)29)7-5-6-16-8-14-19(15-9-16)37-24(3,4)21(35)26(30,31)32/h8-15H,5-7H2,1-4H3. The fourth-order valence-corrected chi connectivity index (χ4v) is 3.87. The Balaban J connectivity index is 1.62. The number of carbonyl (C=O) groups is 2. The van der Waals surface area contributed by atoms with Gasteiger partial charge in [0.15, 0.2) is 5.60 Å². The number of alkyl halides is 6. The molecule has 11 heteroatoms. The molecule has 0 N–H and O–H groups in total. The molecule has 0 bridgehead atoms. The van der Waals surface area contributed by atoms with Gasteiger partial charge in [-0.05, 0) is 88.9 Å². The van der Waals surface area contributed by atoms with Crippen LogP contribution in [-0.4, -0.2) is 29.2 Å². The molecule has 0 aromatic heterocycles. The largest absolute Gasteiger partial charge is 0.480 e. The second-order valence-electron chi connectivity index (χ2n) is 9.77. The topological polar surface area (TPSA) is 59.0 Å². The van der Waals surface area contributed by atoms with Crippen LogP contribution in [0.3, 0.4) is 0 Å². The predicted molar refractivity (Wildman–Crippen MR) is 125 cm³/mol. The summed E-state index contributed by atoms with van der Waals surface area (Å²) in [4.78, 5) is 24.4. The van der Waals surface area contributed by atoms with Crippen LogP contribution in [0.25, 0.3) is 0 Å². The summed E-state index contributed by atoms with van der Waals surface area (Å²) in [5.41, 5.74) is -2.14. The summed E-state index contributed by atoms with van der Waals surface area (Å²) in [6.45, 7) is 5.51.